The Balaban J connectivity index is 1.76. The van der Waals surface area contributed by atoms with Gasteiger partial charge in [0, 0.05) is 12.5 Å². The van der Waals surface area contributed by atoms with Gasteiger partial charge < -0.3 is 15.3 Å². The molecule has 1 saturated heterocycles. The summed E-state index contributed by atoms with van der Waals surface area (Å²) in [5, 5.41) is 22.2. The minimum atomic E-state index is -0.538. The van der Waals surface area contributed by atoms with E-state index in [0.29, 0.717) is 6.54 Å². The van der Waals surface area contributed by atoms with E-state index < -0.39 is 6.04 Å². The number of nitrogens with one attached hydrogen (secondary N) is 1. The number of carbonyl (C=O) groups excluding carboxylic acids is 1. The van der Waals surface area contributed by atoms with E-state index in [-0.39, 0.29) is 24.6 Å². The summed E-state index contributed by atoms with van der Waals surface area (Å²) in [6.07, 6.45) is 7.92. The molecule has 0 unspecified atom stereocenters. The van der Waals surface area contributed by atoms with Crippen LogP contribution in [0.2, 0.25) is 0 Å². The van der Waals surface area contributed by atoms with E-state index in [1.165, 1.54) is 28.9 Å². The molecule has 0 aromatic heterocycles. The molecule has 1 aliphatic heterocycles. The van der Waals surface area contributed by atoms with Crippen LogP contribution in [0.4, 0.5) is 4.79 Å². The van der Waals surface area contributed by atoms with E-state index in [1.54, 1.807) is 0 Å². The molecule has 0 spiro atoms. The summed E-state index contributed by atoms with van der Waals surface area (Å²) >= 11 is 0. The van der Waals surface area contributed by atoms with Gasteiger partial charge in [0.15, 0.2) is 0 Å². The molecule has 1 aromatic rings. The summed E-state index contributed by atoms with van der Waals surface area (Å²) in [7, 11) is 0. The second kappa shape index (κ2) is 8.37. The minimum Gasteiger partial charge on any atom is -0.394 e. The van der Waals surface area contributed by atoms with Gasteiger partial charge in [-0.3, -0.25) is 0 Å². The molecule has 0 saturated carbocycles. The molecular formula is C21H27N3O2. The Morgan fingerprint density at radius 1 is 1.35 bits per heavy atom. The summed E-state index contributed by atoms with van der Waals surface area (Å²) in [6.45, 7) is 2.41. The number of amides is 2. The number of benzene rings is 1. The van der Waals surface area contributed by atoms with E-state index >= 15 is 0 Å². The predicted molar refractivity (Wildman–Crippen MR) is 101 cm³/mol. The van der Waals surface area contributed by atoms with Gasteiger partial charge in [0.1, 0.15) is 6.04 Å². The van der Waals surface area contributed by atoms with Crippen molar-refractivity contribution in [3.63, 3.8) is 0 Å². The highest BCUT2D eigenvalue weighted by atomic mass is 16.3. The molecule has 0 radical (unpaired) electrons. The van der Waals surface area contributed by atoms with Crippen molar-refractivity contribution in [2.24, 2.45) is 0 Å². The number of rotatable bonds is 5. The Morgan fingerprint density at radius 3 is 2.69 bits per heavy atom. The molecule has 2 amide bonds. The number of hydrogen-bond donors (Lipinski definition) is 2. The van der Waals surface area contributed by atoms with Crippen molar-refractivity contribution in [3.05, 3.63) is 41.5 Å². The summed E-state index contributed by atoms with van der Waals surface area (Å²) in [6, 6.07) is 9.39. The lowest BCUT2D eigenvalue weighted by molar-refractivity contribution is 0.0169. The first-order chi connectivity index (χ1) is 12.7. The molecule has 2 aliphatic rings. The largest absolute Gasteiger partial charge is 0.394 e. The number of likely N-dealkylation sites (tertiary alicyclic amines) is 1. The topological polar surface area (TPSA) is 76.4 Å². The SMILES string of the molecule is CCCNC(=O)N1[C@H](C#N)[C@H](c2ccc(C3=CCCCC3)cc2)[C@@H]1CO. The molecule has 1 aliphatic carbocycles. The molecule has 26 heavy (non-hydrogen) atoms. The molecule has 1 aromatic carbocycles. The van der Waals surface area contributed by atoms with Crippen LogP contribution >= 0.6 is 0 Å². The van der Waals surface area contributed by atoms with Gasteiger partial charge in [-0.15, -0.1) is 0 Å². The number of nitriles is 1. The van der Waals surface area contributed by atoms with Crippen LogP contribution in [0.5, 0.6) is 0 Å². The molecule has 5 heteroatoms. The summed E-state index contributed by atoms with van der Waals surface area (Å²) in [4.78, 5) is 13.8. The third-order valence-corrected chi connectivity index (χ3v) is 5.45. The van der Waals surface area contributed by atoms with E-state index in [4.69, 9.17) is 0 Å². The van der Waals surface area contributed by atoms with Crippen LogP contribution in [0.25, 0.3) is 5.57 Å². The number of nitrogens with zero attached hydrogens (tertiary/aromatic N) is 2. The van der Waals surface area contributed by atoms with E-state index in [2.05, 4.69) is 29.6 Å². The maximum absolute atomic E-state index is 12.3. The van der Waals surface area contributed by atoms with Crippen LogP contribution in [0.3, 0.4) is 0 Å². The number of aliphatic hydroxyl groups is 1. The standard InChI is InChI=1S/C21H27N3O2/c1-2-12-23-21(26)24-18(13-22)20(19(24)14-25)17-10-8-16(9-11-17)15-6-4-3-5-7-15/h6,8-11,18-20,25H,2-5,7,12,14H2,1H3,(H,23,26)/t18-,19+,20+/m1/s1. The van der Waals surface area contributed by atoms with Crippen molar-refractivity contribution < 1.29 is 9.90 Å². The third-order valence-electron chi connectivity index (χ3n) is 5.45. The Kier molecular flexibility index (Phi) is 5.95. The van der Waals surface area contributed by atoms with Crippen molar-refractivity contribution in [1.82, 2.24) is 10.2 Å². The third kappa shape index (κ3) is 3.47. The molecular weight excluding hydrogens is 326 g/mol. The number of allylic oxidation sites excluding steroid dienone is 2. The lowest BCUT2D eigenvalue weighted by Gasteiger charge is -2.51. The van der Waals surface area contributed by atoms with Gasteiger partial charge in [-0.25, -0.2) is 4.79 Å². The fraction of sp³-hybridized carbons (Fsp3) is 0.524. The lowest BCUT2D eigenvalue weighted by Crippen LogP contribution is -2.67. The van der Waals surface area contributed by atoms with Crippen molar-refractivity contribution in [2.45, 2.75) is 57.0 Å². The van der Waals surface area contributed by atoms with E-state index in [9.17, 15) is 15.2 Å². The van der Waals surface area contributed by atoms with Crippen molar-refractivity contribution in [3.8, 4) is 6.07 Å². The van der Waals surface area contributed by atoms with Gasteiger partial charge in [-0.05, 0) is 48.8 Å². The van der Waals surface area contributed by atoms with Crippen LogP contribution in [0.15, 0.2) is 30.3 Å². The van der Waals surface area contributed by atoms with Crippen LogP contribution in [0.1, 0.15) is 56.1 Å². The van der Waals surface area contributed by atoms with Gasteiger partial charge in [-0.1, -0.05) is 37.3 Å². The Morgan fingerprint density at radius 2 is 2.12 bits per heavy atom. The molecule has 2 N–H and O–H groups in total. The number of carbonyl (C=O) groups is 1. The Hall–Kier alpha value is -2.32. The first-order valence-electron chi connectivity index (χ1n) is 9.57. The molecule has 3 rings (SSSR count). The van der Waals surface area contributed by atoms with Gasteiger partial charge >= 0.3 is 6.03 Å². The molecule has 5 nitrogen and oxygen atoms in total. The molecule has 1 heterocycles. The fourth-order valence-corrected chi connectivity index (χ4v) is 4.03. The zero-order valence-electron chi connectivity index (χ0n) is 15.3. The Labute approximate surface area is 155 Å². The smallest absolute Gasteiger partial charge is 0.318 e. The monoisotopic (exact) mass is 353 g/mol. The number of hydrogen-bond acceptors (Lipinski definition) is 3. The van der Waals surface area contributed by atoms with Gasteiger partial charge in [0.05, 0.1) is 18.7 Å². The zero-order valence-corrected chi connectivity index (χ0v) is 15.3. The molecule has 138 valence electrons. The van der Waals surface area contributed by atoms with Crippen LogP contribution in [-0.4, -0.2) is 41.3 Å². The molecule has 0 bridgehead atoms. The van der Waals surface area contributed by atoms with E-state index in [1.807, 2.05) is 19.1 Å². The van der Waals surface area contributed by atoms with Gasteiger partial charge in [0.25, 0.3) is 0 Å². The summed E-state index contributed by atoms with van der Waals surface area (Å²) in [5.74, 6) is -0.147. The average molecular weight is 353 g/mol. The second-order valence-corrected chi connectivity index (χ2v) is 7.09. The number of urea groups is 1. The van der Waals surface area contributed by atoms with Crippen LogP contribution < -0.4 is 5.32 Å². The predicted octanol–water partition coefficient (Wildman–Crippen LogP) is 3.42. The quantitative estimate of drug-likeness (QED) is 0.851. The Bertz CT molecular complexity index is 705. The lowest BCUT2D eigenvalue weighted by atomic mass is 9.75. The van der Waals surface area contributed by atoms with Crippen molar-refractivity contribution in [2.75, 3.05) is 13.2 Å². The van der Waals surface area contributed by atoms with Crippen LogP contribution in [-0.2, 0) is 0 Å². The highest BCUT2D eigenvalue weighted by molar-refractivity contribution is 5.77. The highest BCUT2D eigenvalue weighted by Gasteiger charge is 2.51. The average Bonchev–Trinajstić information content (AvgIpc) is 2.67. The zero-order chi connectivity index (χ0) is 18.5. The normalized spacial score (nSPS) is 25.0. The molecule has 1 fully saturated rings. The summed E-state index contributed by atoms with van der Waals surface area (Å²) in [5.41, 5.74) is 3.64. The van der Waals surface area contributed by atoms with Gasteiger partial charge in [-0.2, -0.15) is 5.26 Å². The van der Waals surface area contributed by atoms with Gasteiger partial charge in [0.2, 0.25) is 0 Å². The first-order valence-corrected chi connectivity index (χ1v) is 9.57. The maximum atomic E-state index is 12.3. The highest BCUT2D eigenvalue weighted by Crippen LogP contribution is 2.41. The van der Waals surface area contributed by atoms with Crippen molar-refractivity contribution >= 4 is 11.6 Å². The van der Waals surface area contributed by atoms with Crippen LogP contribution in [0, 0.1) is 11.3 Å². The van der Waals surface area contributed by atoms with Crippen molar-refractivity contribution in [1.29, 1.82) is 5.26 Å². The summed E-state index contributed by atoms with van der Waals surface area (Å²) < 4.78 is 0. The number of aliphatic hydroxyl groups excluding tert-OH is 1. The van der Waals surface area contributed by atoms with E-state index in [0.717, 1.165) is 24.8 Å². The first kappa shape index (κ1) is 18.5. The minimum absolute atomic E-state index is 0.144. The maximum Gasteiger partial charge on any atom is 0.318 e. The fourth-order valence-electron chi connectivity index (χ4n) is 4.03. The second-order valence-electron chi connectivity index (χ2n) is 7.09. The molecule has 3 atom stereocenters.